The number of nitrogens with two attached hydrogens (primary N) is 2. The Kier molecular flexibility index (Phi) is 7.91. The monoisotopic (exact) mass is 607 g/mol. The van der Waals surface area contributed by atoms with Crippen molar-refractivity contribution in [2.45, 2.75) is 31.3 Å². The van der Waals surface area contributed by atoms with E-state index in [1.165, 1.54) is 24.5 Å². The fourth-order valence-electron chi connectivity index (χ4n) is 4.51. The van der Waals surface area contributed by atoms with Crippen LogP contribution in [0.3, 0.4) is 0 Å². The number of aromatic nitrogens is 5. The Balaban J connectivity index is 1.49. The van der Waals surface area contributed by atoms with Crippen LogP contribution >= 0.6 is 0 Å². The molecule has 5 aromatic rings. The van der Waals surface area contributed by atoms with Crippen molar-refractivity contribution in [1.82, 2.24) is 29.9 Å². The van der Waals surface area contributed by atoms with E-state index in [0.29, 0.717) is 28.2 Å². The van der Waals surface area contributed by atoms with Crippen LogP contribution in [0.2, 0.25) is 0 Å². The van der Waals surface area contributed by atoms with E-state index in [2.05, 4.69) is 31.8 Å². The lowest BCUT2D eigenvalue weighted by molar-refractivity contribution is 0.0951. The molecule has 0 fully saturated rings. The second kappa shape index (κ2) is 11.8. The Morgan fingerprint density at radius 1 is 1.09 bits per heavy atom. The summed E-state index contributed by atoms with van der Waals surface area (Å²) in [5, 5.41) is 35.0. The van der Waals surface area contributed by atoms with Gasteiger partial charge in [0.2, 0.25) is 10.0 Å². The molecule has 1 atom stereocenters. The van der Waals surface area contributed by atoms with Crippen LogP contribution in [0.1, 0.15) is 51.4 Å². The molecule has 44 heavy (non-hydrogen) atoms. The van der Waals surface area contributed by atoms with E-state index in [-0.39, 0.29) is 39.8 Å². The average Bonchev–Trinajstić information content (AvgIpc) is 3.39. The second-order valence-electron chi connectivity index (χ2n) is 9.85. The van der Waals surface area contributed by atoms with Crippen LogP contribution in [0, 0.1) is 29.6 Å². The van der Waals surface area contributed by atoms with E-state index >= 15 is 0 Å². The predicted octanol–water partition coefficient (Wildman–Crippen LogP) is 2.57. The number of nitrogens with one attached hydrogen (secondary N) is 2. The number of anilines is 2. The highest BCUT2D eigenvalue weighted by Crippen LogP contribution is 2.29. The number of hydrogen-bond acceptors (Lipinski definition) is 11. The third-order valence-corrected chi connectivity index (χ3v) is 7.69. The summed E-state index contributed by atoms with van der Waals surface area (Å²) in [6.07, 6.45) is 3.02. The zero-order chi connectivity index (χ0) is 31.6. The number of nitrogen functional groups attached to an aromatic ring is 1. The Morgan fingerprint density at radius 3 is 2.52 bits per heavy atom. The predicted molar refractivity (Wildman–Crippen MR) is 160 cm³/mol. The second-order valence-corrected chi connectivity index (χ2v) is 11.4. The normalized spacial score (nSPS) is 11.8. The molecule has 1 amide bonds. The number of hydrogen-bond donors (Lipinski definition) is 4. The van der Waals surface area contributed by atoms with Crippen molar-refractivity contribution in [3.05, 3.63) is 94.7 Å². The SMILES string of the molecule is Cc1ccn2nc([C@H](C)Nc3ncnc(N)c3C#N)nc(-c3cc(C#N)cc(C(=O)NCc4ccc(S(N)(=O)=O)cc4)c3)c12. The average molecular weight is 608 g/mol. The maximum absolute atomic E-state index is 13.2. The van der Waals surface area contributed by atoms with Crippen molar-refractivity contribution in [2.75, 3.05) is 11.1 Å². The Hall–Kier alpha value is -5.90. The van der Waals surface area contributed by atoms with Crippen molar-refractivity contribution in [3.8, 4) is 23.4 Å². The maximum atomic E-state index is 13.2. The number of aryl methyl sites for hydroxylation is 1. The molecular formula is C29H25N11O3S. The molecule has 0 aliphatic heterocycles. The van der Waals surface area contributed by atoms with Crippen LogP contribution in [0.15, 0.2) is 66.0 Å². The first-order chi connectivity index (χ1) is 21.0. The summed E-state index contributed by atoms with van der Waals surface area (Å²) in [5.41, 5.74) is 9.60. The van der Waals surface area contributed by atoms with Gasteiger partial charge in [-0.2, -0.15) is 15.6 Å². The zero-order valence-electron chi connectivity index (χ0n) is 23.5. The van der Waals surface area contributed by atoms with Crippen molar-refractivity contribution in [1.29, 1.82) is 10.5 Å². The molecule has 3 aromatic heterocycles. The van der Waals surface area contributed by atoms with Gasteiger partial charge in [0.25, 0.3) is 5.91 Å². The van der Waals surface area contributed by atoms with Gasteiger partial charge in [0.1, 0.15) is 29.6 Å². The molecule has 0 bridgehead atoms. The number of amides is 1. The molecule has 14 nitrogen and oxygen atoms in total. The number of sulfonamides is 1. The van der Waals surface area contributed by atoms with E-state index in [0.717, 1.165) is 5.56 Å². The third-order valence-electron chi connectivity index (χ3n) is 6.76. The van der Waals surface area contributed by atoms with E-state index in [4.69, 9.17) is 15.9 Å². The number of benzene rings is 2. The van der Waals surface area contributed by atoms with Gasteiger partial charge < -0.3 is 16.4 Å². The maximum Gasteiger partial charge on any atom is 0.251 e. The first-order valence-corrected chi connectivity index (χ1v) is 14.6. The van der Waals surface area contributed by atoms with Crippen molar-refractivity contribution in [2.24, 2.45) is 5.14 Å². The molecule has 5 rings (SSSR count). The molecular weight excluding hydrogens is 582 g/mol. The van der Waals surface area contributed by atoms with Crippen LogP contribution in [-0.4, -0.2) is 38.9 Å². The summed E-state index contributed by atoms with van der Waals surface area (Å²) in [4.78, 5) is 26.0. The lowest BCUT2D eigenvalue weighted by Crippen LogP contribution is -2.23. The molecule has 3 heterocycles. The van der Waals surface area contributed by atoms with Crippen molar-refractivity contribution in [3.63, 3.8) is 0 Å². The number of nitriles is 2. The van der Waals surface area contributed by atoms with Crippen LogP contribution in [0.5, 0.6) is 0 Å². The van der Waals surface area contributed by atoms with Gasteiger partial charge in [0.05, 0.1) is 33.8 Å². The summed E-state index contributed by atoms with van der Waals surface area (Å²) in [6.45, 7) is 3.80. The Labute approximate surface area is 252 Å². The molecule has 0 aliphatic rings. The topological polar surface area (TPSA) is 231 Å². The number of nitrogens with zero attached hydrogens (tertiary/aromatic N) is 7. The highest BCUT2D eigenvalue weighted by Gasteiger charge is 2.20. The summed E-state index contributed by atoms with van der Waals surface area (Å²) in [6, 6.07) is 16.0. The summed E-state index contributed by atoms with van der Waals surface area (Å²) < 4.78 is 24.7. The Morgan fingerprint density at radius 2 is 1.84 bits per heavy atom. The first-order valence-electron chi connectivity index (χ1n) is 13.1. The number of rotatable bonds is 8. The molecule has 15 heteroatoms. The fourth-order valence-corrected chi connectivity index (χ4v) is 5.03. The number of carbonyl (C=O) groups is 1. The molecule has 0 unspecified atom stereocenters. The summed E-state index contributed by atoms with van der Waals surface area (Å²) >= 11 is 0. The van der Waals surface area contributed by atoms with Crippen LogP contribution in [0.25, 0.3) is 16.8 Å². The van der Waals surface area contributed by atoms with E-state index < -0.39 is 22.0 Å². The van der Waals surface area contributed by atoms with Gasteiger partial charge in [-0.25, -0.2) is 33.0 Å². The smallest absolute Gasteiger partial charge is 0.251 e. The summed E-state index contributed by atoms with van der Waals surface area (Å²) in [7, 11) is -3.83. The van der Waals surface area contributed by atoms with Crippen LogP contribution in [-0.2, 0) is 16.6 Å². The lowest BCUT2D eigenvalue weighted by atomic mass is 10.0. The quantitative estimate of drug-likeness (QED) is 0.200. The molecule has 0 aliphatic carbocycles. The van der Waals surface area contributed by atoms with Gasteiger partial charge in [-0.15, -0.1) is 0 Å². The molecule has 2 aromatic carbocycles. The number of fused-ring (bicyclic) bond motifs is 1. The van der Waals surface area contributed by atoms with Crippen molar-refractivity contribution < 1.29 is 13.2 Å². The minimum absolute atomic E-state index is 0.0358. The lowest BCUT2D eigenvalue weighted by Gasteiger charge is -2.17. The van der Waals surface area contributed by atoms with E-state index in [1.54, 1.807) is 41.9 Å². The molecule has 0 radical (unpaired) electrons. The minimum Gasteiger partial charge on any atom is -0.382 e. The van der Waals surface area contributed by atoms with Gasteiger partial charge in [-0.3, -0.25) is 4.79 Å². The number of primary sulfonamides is 1. The van der Waals surface area contributed by atoms with Crippen molar-refractivity contribution >= 4 is 33.1 Å². The highest BCUT2D eigenvalue weighted by molar-refractivity contribution is 7.89. The van der Waals surface area contributed by atoms with Gasteiger partial charge in [0.15, 0.2) is 5.82 Å². The van der Waals surface area contributed by atoms with Gasteiger partial charge in [0, 0.05) is 23.9 Å². The molecule has 6 N–H and O–H groups in total. The molecule has 0 spiro atoms. The third kappa shape index (κ3) is 6.00. The van der Waals surface area contributed by atoms with Gasteiger partial charge >= 0.3 is 0 Å². The highest BCUT2D eigenvalue weighted by atomic mass is 32.2. The van der Waals surface area contributed by atoms with Crippen LogP contribution in [0.4, 0.5) is 11.6 Å². The van der Waals surface area contributed by atoms with E-state index in [1.807, 2.05) is 19.1 Å². The van der Waals surface area contributed by atoms with Crippen LogP contribution < -0.4 is 21.5 Å². The van der Waals surface area contributed by atoms with E-state index in [9.17, 15) is 23.7 Å². The summed E-state index contributed by atoms with van der Waals surface area (Å²) in [5.74, 6) is 0.165. The zero-order valence-corrected chi connectivity index (χ0v) is 24.3. The van der Waals surface area contributed by atoms with Gasteiger partial charge in [-0.1, -0.05) is 12.1 Å². The van der Waals surface area contributed by atoms with Gasteiger partial charge in [-0.05, 0) is 61.4 Å². The minimum atomic E-state index is -3.83. The largest absolute Gasteiger partial charge is 0.382 e. The molecule has 0 saturated heterocycles. The fraction of sp³-hybridized carbons (Fsp3) is 0.138. The standard InChI is InChI=1S/C29H25N11O3S/c1-16-7-8-40-25(16)24(38-27(39-40)17(2)37-28-23(13-31)26(32)35-15-36-28)20-9-19(12-30)10-21(11-20)29(41)34-14-18-3-5-22(6-4-18)44(33,42)43/h3-11,15,17H,14H2,1-2H3,(H,34,41)(H2,33,42,43)(H3,32,35,36,37)/t17-/m0/s1. The molecule has 220 valence electrons. The first kappa shape index (κ1) is 29.6. The number of carbonyl (C=O) groups excluding carboxylic acids is 1. The molecule has 0 saturated carbocycles. The Bertz CT molecular complexity index is 2110.